The van der Waals surface area contributed by atoms with Crippen molar-refractivity contribution in [1.82, 2.24) is 0 Å². The zero-order valence-electron chi connectivity index (χ0n) is 14.0. The van der Waals surface area contributed by atoms with Crippen molar-refractivity contribution in [3.05, 3.63) is 95.0 Å². The molecule has 0 bridgehead atoms. The number of carbonyl (C=O) groups excluding carboxylic acids is 1. The van der Waals surface area contributed by atoms with Gasteiger partial charge in [-0.25, -0.2) is 8.42 Å². The molecule has 5 nitrogen and oxygen atoms in total. The van der Waals surface area contributed by atoms with Gasteiger partial charge in [0.25, 0.3) is 0 Å². The highest BCUT2D eigenvalue weighted by Crippen LogP contribution is 2.18. The first-order valence-electron chi connectivity index (χ1n) is 7.97. The first-order chi connectivity index (χ1) is 13.0. The minimum absolute atomic E-state index is 0.00522. The molecule has 136 valence electrons. The maximum atomic E-state index is 13.0. The number of anilines is 1. The molecule has 0 atom stereocenters. The highest BCUT2D eigenvalue weighted by Gasteiger charge is 2.30. The first kappa shape index (κ1) is 19.0. The summed E-state index contributed by atoms with van der Waals surface area (Å²) in [6.07, 6.45) is 0. The molecule has 0 saturated heterocycles. The van der Waals surface area contributed by atoms with Gasteiger partial charge in [-0.3, -0.25) is 10.2 Å². The van der Waals surface area contributed by atoms with Gasteiger partial charge in [-0.05, 0) is 36.4 Å². The fourth-order valence-corrected chi connectivity index (χ4v) is 3.83. The van der Waals surface area contributed by atoms with Crippen LogP contribution >= 0.6 is 15.9 Å². The second kappa shape index (κ2) is 8.28. The zero-order valence-corrected chi connectivity index (χ0v) is 16.4. The molecule has 0 aliphatic heterocycles. The Morgan fingerprint density at radius 3 is 1.96 bits per heavy atom. The van der Waals surface area contributed by atoms with Crippen LogP contribution in [0.2, 0.25) is 0 Å². The third kappa shape index (κ3) is 4.50. The lowest BCUT2D eigenvalue weighted by atomic mass is 10.1. The van der Waals surface area contributed by atoms with E-state index in [1.54, 1.807) is 72.8 Å². The molecule has 0 amide bonds. The molecular weight excluding hydrogens is 428 g/mol. The molecule has 0 aromatic heterocycles. The molecule has 0 saturated carbocycles. The first-order valence-corrected chi connectivity index (χ1v) is 10.3. The van der Waals surface area contributed by atoms with E-state index < -0.39 is 20.7 Å². The number of halogens is 1. The van der Waals surface area contributed by atoms with Crippen LogP contribution in [0, 0.1) is 0 Å². The van der Waals surface area contributed by atoms with E-state index in [-0.39, 0.29) is 10.5 Å². The Bertz CT molecular complexity index is 1070. The molecule has 0 unspecified atom stereocenters. The number of Topliss-reactive ketones (excluding diaryl/α,β-unsaturated/α-hetero) is 1. The number of ketones is 1. The molecule has 0 fully saturated rings. The van der Waals surface area contributed by atoms with Crippen LogP contribution in [-0.4, -0.2) is 19.2 Å². The normalized spacial score (nSPS) is 11.8. The number of hydrogen-bond acceptors (Lipinski definition) is 5. The van der Waals surface area contributed by atoms with Crippen molar-refractivity contribution in [3.63, 3.8) is 0 Å². The van der Waals surface area contributed by atoms with Crippen LogP contribution in [0.15, 0.2) is 99.4 Å². The summed E-state index contributed by atoms with van der Waals surface area (Å²) in [6.45, 7) is 0. The molecule has 7 heteroatoms. The zero-order chi connectivity index (χ0) is 19.3. The number of nitrogens with zero attached hydrogens (tertiary/aromatic N) is 1. The fraction of sp³-hybridized carbons (Fsp3) is 0. The largest absolute Gasteiger partial charge is 0.286 e. The minimum Gasteiger partial charge on any atom is -0.286 e. The van der Waals surface area contributed by atoms with Gasteiger partial charge in [0.1, 0.15) is 0 Å². The topological polar surface area (TPSA) is 75.6 Å². The van der Waals surface area contributed by atoms with Crippen LogP contribution in [0.1, 0.15) is 10.4 Å². The number of sulfone groups is 1. The maximum absolute atomic E-state index is 13.0. The summed E-state index contributed by atoms with van der Waals surface area (Å²) in [4.78, 5) is 12.9. The quantitative estimate of drug-likeness (QED) is 0.272. The molecule has 1 N–H and O–H groups in total. The van der Waals surface area contributed by atoms with Crippen molar-refractivity contribution < 1.29 is 13.2 Å². The lowest BCUT2D eigenvalue weighted by molar-refractivity contribution is 0.106. The molecule has 3 aromatic carbocycles. The van der Waals surface area contributed by atoms with Gasteiger partial charge in [0.2, 0.25) is 20.7 Å². The third-order valence-electron chi connectivity index (χ3n) is 3.67. The van der Waals surface area contributed by atoms with Crippen molar-refractivity contribution in [3.8, 4) is 0 Å². The molecule has 3 aromatic rings. The van der Waals surface area contributed by atoms with E-state index in [0.29, 0.717) is 5.69 Å². The van der Waals surface area contributed by atoms with Crippen molar-refractivity contribution >= 4 is 42.3 Å². The number of hydrogen-bond donors (Lipinski definition) is 1. The van der Waals surface area contributed by atoms with Crippen molar-refractivity contribution in [1.29, 1.82) is 0 Å². The van der Waals surface area contributed by atoms with Crippen LogP contribution in [-0.2, 0) is 9.84 Å². The van der Waals surface area contributed by atoms with Crippen molar-refractivity contribution in [2.75, 3.05) is 5.43 Å². The van der Waals surface area contributed by atoms with E-state index in [0.717, 1.165) is 4.47 Å². The second-order valence-electron chi connectivity index (χ2n) is 5.55. The van der Waals surface area contributed by atoms with Gasteiger partial charge < -0.3 is 0 Å². The van der Waals surface area contributed by atoms with E-state index >= 15 is 0 Å². The molecule has 3 rings (SSSR count). The number of benzene rings is 3. The summed E-state index contributed by atoms with van der Waals surface area (Å²) in [5.41, 5.74) is 3.46. The van der Waals surface area contributed by atoms with E-state index in [1.807, 2.05) is 0 Å². The predicted octanol–water partition coefficient (Wildman–Crippen LogP) is 4.53. The van der Waals surface area contributed by atoms with Crippen molar-refractivity contribution in [2.45, 2.75) is 4.90 Å². The van der Waals surface area contributed by atoms with Gasteiger partial charge in [0, 0.05) is 10.0 Å². The summed E-state index contributed by atoms with van der Waals surface area (Å²) < 4.78 is 26.9. The molecule has 0 spiro atoms. The molecular formula is C20H15BrN2O3S. The maximum Gasteiger partial charge on any atom is 0.229 e. The van der Waals surface area contributed by atoms with Crippen LogP contribution in [0.3, 0.4) is 0 Å². The standard InChI is InChI=1S/C20H15BrN2O3S/c21-16-11-13-17(14-12-16)22-23-20(19(24)15-7-3-1-4-8-15)27(25,26)18-9-5-2-6-10-18/h1-14,22H/b23-20+. The predicted molar refractivity (Wildman–Crippen MR) is 110 cm³/mol. The Kier molecular flexibility index (Phi) is 5.83. The summed E-state index contributed by atoms with van der Waals surface area (Å²) in [7, 11) is -4.10. The van der Waals surface area contributed by atoms with E-state index in [4.69, 9.17) is 0 Å². The van der Waals surface area contributed by atoms with E-state index in [1.165, 1.54) is 12.1 Å². The monoisotopic (exact) mass is 442 g/mol. The van der Waals surface area contributed by atoms with E-state index in [9.17, 15) is 13.2 Å². The highest BCUT2D eigenvalue weighted by atomic mass is 79.9. The average Bonchev–Trinajstić information content (AvgIpc) is 2.70. The van der Waals surface area contributed by atoms with Crippen LogP contribution in [0.25, 0.3) is 0 Å². The molecule has 0 aliphatic rings. The Morgan fingerprint density at radius 1 is 0.815 bits per heavy atom. The summed E-state index contributed by atoms with van der Waals surface area (Å²) in [6, 6.07) is 22.9. The molecule has 27 heavy (non-hydrogen) atoms. The van der Waals surface area contributed by atoms with Gasteiger partial charge >= 0.3 is 0 Å². The molecule has 0 aliphatic carbocycles. The SMILES string of the molecule is O=C(/C(=N\Nc1ccc(Br)cc1)S(=O)(=O)c1ccccc1)c1ccccc1. The lowest BCUT2D eigenvalue weighted by Gasteiger charge is -2.09. The number of nitrogens with one attached hydrogen (secondary N) is 1. The Hall–Kier alpha value is -2.77. The van der Waals surface area contributed by atoms with Crippen molar-refractivity contribution in [2.24, 2.45) is 5.10 Å². The fourth-order valence-electron chi connectivity index (χ4n) is 2.30. The Labute approximate surface area is 165 Å². The summed E-state index contributed by atoms with van der Waals surface area (Å²) in [5, 5.41) is 3.40. The third-order valence-corrected chi connectivity index (χ3v) is 5.88. The van der Waals surface area contributed by atoms with Crippen LogP contribution < -0.4 is 5.43 Å². The second-order valence-corrected chi connectivity index (χ2v) is 8.33. The smallest absolute Gasteiger partial charge is 0.229 e. The van der Waals surface area contributed by atoms with Crippen LogP contribution in [0.5, 0.6) is 0 Å². The van der Waals surface area contributed by atoms with E-state index in [2.05, 4.69) is 26.5 Å². The summed E-state index contributed by atoms with van der Waals surface area (Å²) >= 11 is 3.33. The Balaban J connectivity index is 2.04. The highest BCUT2D eigenvalue weighted by molar-refractivity contribution is 9.10. The molecule has 0 heterocycles. The van der Waals surface area contributed by atoms with Gasteiger partial charge in [0.05, 0.1) is 10.6 Å². The summed E-state index contributed by atoms with van der Waals surface area (Å²) in [5.74, 6) is -0.677. The lowest BCUT2D eigenvalue weighted by Crippen LogP contribution is -2.26. The van der Waals surface area contributed by atoms with Gasteiger partial charge in [0.15, 0.2) is 0 Å². The minimum atomic E-state index is -4.10. The van der Waals surface area contributed by atoms with Crippen LogP contribution in [0.4, 0.5) is 5.69 Å². The van der Waals surface area contributed by atoms with Gasteiger partial charge in [-0.1, -0.05) is 64.5 Å². The molecule has 0 radical (unpaired) electrons. The Morgan fingerprint density at radius 2 is 1.37 bits per heavy atom. The number of carbonyl (C=O) groups is 1. The number of hydrazone groups is 1. The average molecular weight is 443 g/mol. The van der Waals surface area contributed by atoms with Gasteiger partial charge in [-0.2, -0.15) is 5.10 Å². The number of rotatable bonds is 5. The van der Waals surface area contributed by atoms with Gasteiger partial charge in [-0.15, -0.1) is 0 Å².